The Bertz CT molecular complexity index is 1740. The molecule has 9 aliphatic rings. The van der Waals surface area contributed by atoms with E-state index >= 15 is 0 Å². The van der Waals surface area contributed by atoms with Crippen LogP contribution in [0.5, 0.6) is 0 Å². The first-order valence-corrected chi connectivity index (χ1v) is 24.0. The van der Waals surface area contributed by atoms with Gasteiger partial charge in [-0.2, -0.15) is 0 Å². The van der Waals surface area contributed by atoms with Gasteiger partial charge in [0.1, 0.15) is 61.0 Å². The molecule has 0 aromatic heterocycles. The summed E-state index contributed by atoms with van der Waals surface area (Å²) in [6.07, 6.45) is -12.4. The first-order chi connectivity index (χ1) is 30.1. The van der Waals surface area contributed by atoms with Gasteiger partial charge in [0.25, 0.3) is 0 Å². The van der Waals surface area contributed by atoms with E-state index in [9.17, 15) is 51.1 Å². The average molecular weight is 913 g/mol. The lowest BCUT2D eigenvalue weighted by Crippen LogP contribution is -2.73. The normalized spacial score (nSPS) is 60.5. The van der Waals surface area contributed by atoms with Crippen LogP contribution in [0.2, 0.25) is 0 Å². The van der Waals surface area contributed by atoms with Crippen molar-refractivity contribution >= 4 is 0 Å². The summed E-state index contributed by atoms with van der Waals surface area (Å²) in [5.41, 5.74) is -2.46. The highest BCUT2D eigenvalue weighted by molar-refractivity contribution is 5.36. The van der Waals surface area contributed by atoms with Crippen molar-refractivity contribution in [2.24, 2.45) is 56.7 Å². The third-order valence-corrected chi connectivity index (χ3v) is 20.0. The van der Waals surface area contributed by atoms with Crippen LogP contribution < -0.4 is 0 Å². The standard InChI is InChI=1S/C47H76O17/c1-21-8-14-46-20-59-47(38(46)22(21)2)15-10-27-42(4)12-11-29(43(5,19-49)26(42)9-13-44(27,6)45(47,7)16-28(46)51)62-40-36(33(55)30(52)23(3)60-40)64-41-37(34(56)32(54)25(17-48)61-41)63-39-35(57)31(53)24(50)18-58-39/h10,15,21-41,48-57H,8-9,11-14,16-20H2,1-7H3/t21-,22+,23-,24-,25-,26-,27-,28-,29+,30+,31+,32-,33+,34+,35-,36-,37-,38-,39+,40+,41+,42+,43+,44-,45+,46+,47+/m1/s1. The topological polar surface area (TPSA) is 267 Å². The smallest absolute Gasteiger partial charge is 0.187 e. The van der Waals surface area contributed by atoms with Gasteiger partial charge in [-0.05, 0) is 86.4 Å². The number of hydrogen-bond acceptors (Lipinski definition) is 17. The zero-order valence-electron chi connectivity index (χ0n) is 38.4. The second kappa shape index (κ2) is 16.6. The molecule has 0 amide bonds. The quantitative estimate of drug-likeness (QED) is 0.114. The summed E-state index contributed by atoms with van der Waals surface area (Å²) in [4.78, 5) is 0. The van der Waals surface area contributed by atoms with Crippen LogP contribution in [0.4, 0.5) is 0 Å². The van der Waals surface area contributed by atoms with Gasteiger partial charge in [-0.3, -0.25) is 0 Å². The molecule has 10 N–H and O–H groups in total. The van der Waals surface area contributed by atoms with Crippen LogP contribution in [-0.2, 0) is 33.2 Å². The summed E-state index contributed by atoms with van der Waals surface area (Å²) in [7, 11) is 0. The van der Waals surface area contributed by atoms with Gasteiger partial charge in [0.15, 0.2) is 18.9 Å². The lowest BCUT2D eigenvalue weighted by molar-refractivity contribution is -0.394. The molecule has 8 fully saturated rings. The van der Waals surface area contributed by atoms with E-state index in [1.807, 2.05) is 6.92 Å². The molecule has 4 saturated carbocycles. The predicted molar refractivity (Wildman–Crippen MR) is 223 cm³/mol. The highest BCUT2D eigenvalue weighted by Gasteiger charge is 2.79. The fraction of sp³-hybridized carbons (Fsp3) is 0.957. The Labute approximate surface area is 376 Å². The van der Waals surface area contributed by atoms with E-state index in [1.54, 1.807) is 6.92 Å². The molecule has 27 atom stereocenters. The van der Waals surface area contributed by atoms with E-state index in [-0.39, 0.29) is 46.0 Å². The van der Waals surface area contributed by atoms with Crippen molar-refractivity contribution < 1.29 is 84.2 Å². The minimum absolute atomic E-state index is 0.0389. The molecule has 17 nitrogen and oxygen atoms in total. The summed E-state index contributed by atoms with van der Waals surface area (Å²) in [5.74, 6) is 1.19. The van der Waals surface area contributed by atoms with Crippen molar-refractivity contribution in [3.63, 3.8) is 0 Å². The molecule has 64 heavy (non-hydrogen) atoms. The Morgan fingerprint density at radius 3 is 2.06 bits per heavy atom. The van der Waals surface area contributed by atoms with Crippen molar-refractivity contribution in [3.8, 4) is 0 Å². The maximum Gasteiger partial charge on any atom is 0.187 e. The molecule has 4 aliphatic heterocycles. The van der Waals surface area contributed by atoms with Crippen LogP contribution in [0.15, 0.2) is 12.2 Å². The molecule has 2 bridgehead atoms. The van der Waals surface area contributed by atoms with Crippen LogP contribution in [0, 0.1) is 56.7 Å². The van der Waals surface area contributed by atoms with Gasteiger partial charge in [-0.1, -0.05) is 53.7 Å². The molecule has 1 spiro atoms. The second-order valence-electron chi connectivity index (χ2n) is 22.7. The molecule has 0 aromatic carbocycles. The summed E-state index contributed by atoms with van der Waals surface area (Å²) in [6, 6.07) is 0. The van der Waals surface area contributed by atoms with E-state index in [4.69, 9.17) is 33.2 Å². The van der Waals surface area contributed by atoms with E-state index in [0.717, 1.165) is 32.1 Å². The molecule has 9 rings (SSSR count). The first kappa shape index (κ1) is 48.1. The van der Waals surface area contributed by atoms with Gasteiger partial charge in [0, 0.05) is 22.2 Å². The van der Waals surface area contributed by atoms with E-state index < -0.39 is 122 Å². The Balaban J connectivity index is 0.992. The second-order valence-corrected chi connectivity index (χ2v) is 22.7. The van der Waals surface area contributed by atoms with Crippen molar-refractivity contribution in [3.05, 3.63) is 12.2 Å². The zero-order valence-corrected chi connectivity index (χ0v) is 38.4. The van der Waals surface area contributed by atoms with Gasteiger partial charge < -0.3 is 84.2 Å². The highest BCUT2D eigenvalue weighted by atomic mass is 16.8. The van der Waals surface area contributed by atoms with Gasteiger partial charge in [0.2, 0.25) is 0 Å². The lowest BCUT2D eigenvalue weighted by atomic mass is 9.31. The van der Waals surface area contributed by atoms with Crippen LogP contribution >= 0.6 is 0 Å². The number of ether oxygens (including phenoxy) is 7. The monoisotopic (exact) mass is 913 g/mol. The van der Waals surface area contributed by atoms with Gasteiger partial charge >= 0.3 is 0 Å². The van der Waals surface area contributed by atoms with Crippen LogP contribution in [0.1, 0.15) is 93.4 Å². The summed E-state index contributed by atoms with van der Waals surface area (Å²) in [5, 5.41) is 110. The van der Waals surface area contributed by atoms with E-state index in [1.165, 1.54) is 0 Å². The van der Waals surface area contributed by atoms with E-state index in [2.05, 4.69) is 46.8 Å². The third kappa shape index (κ3) is 6.57. The SMILES string of the molecule is C[C@H]1[C@H](C)CC[C@]23CO[C@@]4(C=C[C@@H]5[C@@]6(C)CC[C@H](O[C@@H]7O[C@H](C)[C@H](O)[C@H](O)[C@H]7O[C@@H]7O[C@H](CO)[C@@H](O)[C@H](O)[C@H]7O[C@@H]7OC[C@@H](O)[C@H](O)[C@H]7O)[C@@](C)(CO)[C@@H]6CC[C@@]5(C)[C@]4(C)C[C@H]2O)[C@H]13. The predicted octanol–water partition coefficient (Wildman–Crippen LogP) is 0.0961. The fourth-order valence-electron chi connectivity index (χ4n) is 15.8. The third-order valence-electron chi connectivity index (χ3n) is 20.0. The van der Waals surface area contributed by atoms with Crippen molar-refractivity contribution in [1.29, 1.82) is 0 Å². The maximum atomic E-state index is 12.3. The van der Waals surface area contributed by atoms with Crippen LogP contribution in [0.3, 0.4) is 0 Å². The largest absolute Gasteiger partial charge is 0.396 e. The van der Waals surface area contributed by atoms with Crippen LogP contribution in [0.25, 0.3) is 0 Å². The molecule has 4 heterocycles. The van der Waals surface area contributed by atoms with E-state index in [0.29, 0.717) is 31.3 Å². The molecular formula is C47H76O17. The Hall–Kier alpha value is -0.940. The number of allylic oxidation sites excluding steroid dienone is 1. The Kier molecular flexibility index (Phi) is 12.5. The Morgan fingerprint density at radius 1 is 0.703 bits per heavy atom. The Morgan fingerprint density at radius 2 is 1.38 bits per heavy atom. The number of rotatable bonds is 8. The first-order valence-electron chi connectivity index (χ1n) is 24.0. The molecule has 0 radical (unpaired) electrons. The minimum Gasteiger partial charge on any atom is -0.396 e. The van der Waals surface area contributed by atoms with Crippen molar-refractivity contribution in [2.75, 3.05) is 26.4 Å². The number of aliphatic hydroxyl groups excluding tert-OH is 10. The molecule has 17 heteroatoms. The number of aliphatic hydroxyl groups is 10. The van der Waals surface area contributed by atoms with Gasteiger partial charge in [-0.25, -0.2) is 0 Å². The summed E-state index contributed by atoms with van der Waals surface area (Å²) >= 11 is 0. The highest BCUT2D eigenvalue weighted by Crippen LogP contribution is 2.79. The van der Waals surface area contributed by atoms with Crippen molar-refractivity contribution in [2.45, 2.75) is 197 Å². The summed E-state index contributed by atoms with van der Waals surface area (Å²) in [6.45, 7) is 14.7. The molecule has 366 valence electrons. The molecule has 0 aromatic rings. The van der Waals surface area contributed by atoms with Crippen molar-refractivity contribution in [1.82, 2.24) is 0 Å². The maximum absolute atomic E-state index is 12.3. The molecule has 0 unspecified atom stereocenters. The average Bonchev–Trinajstić information content (AvgIpc) is 3.57. The van der Waals surface area contributed by atoms with Crippen LogP contribution in [-0.4, -0.2) is 181 Å². The molecule has 4 saturated heterocycles. The van der Waals surface area contributed by atoms with Gasteiger partial charge in [0.05, 0.1) is 50.3 Å². The number of hydrogen-bond donors (Lipinski definition) is 10. The number of fused-ring (bicyclic) bond motifs is 4. The molecular weight excluding hydrogens is 836 g/mol. The molecule has 5 aliphatic carbocycles. The zero-order chi connectivity index (χ0) is 46.3. The lowest BCUT2D eigenvalue weighted by Gasteiger charge is -2.73. The fourth-order valence-corrected chi connectivity index (χ4v) is 15.8. The summed E-state index contributed by atoms with van der Waals surface area (Å²) < 4.78 is 43.8. The van der Waals surface area contributed by atoms with Gasteiger partial charge in [-0.15, -0.1) is 0 Å². The minimum atomic E-state index is -1.81.